The largest absolute Gasteiger partial charge is 0.378 e. The second-order valence-corrected chi connectivity index (χ2v) is 4.98. The molecule has 14 heavy (non-hydrogen) atoms. The molecule has 2 rings (SSSR count). The summed E-state index contributed by atoms with van der Waals surface area (Å²) >= 11 is 0. The highest BCUT2D eigenvalue weighted by molar-refractivity contribution is 4.92. The first-order valence-electron chi connectivity index (χ1n) is 5.72. The van der Waals surface area contributed by atoms with E-state index in [9.17, 15) is 0 Å². The Kier molecular flexibility index (Phi) is 3.10. The molecular weight excluding hydrogens is 176 g/mol. The Balaban J connectivity index is 1.95. The lowest BCUT2D eigenvalue weighted by Gasteiger charge is -2.44. The van der Waals surface area contributed by atoms with Crippen LogP contribution < -0.4 is 5.32 Å². The number of morpholine rings is 1. The zero-order valence-electron chi connectivity index (χ0n) is 9.49. The van der Waals surface area contributed by atoms with Gasteiger partial charge in [-0.05, 0) is 33.7 Å². The number of fused-ring (bicyclic) bond motifs is 2. The fraction of sp³-hybridized carbons (Fsp3) is 1.00. The lowest BCUT2D eigenvalue weighted by molar-refractivity contribution is -0.00659. The number of hydrogen-bond donors (Lipinski definition) is 1. The minimum atomic E-state index is 0.591. The molecule has 2 atom stereocenters. The predicted molar refractivity (Wildman–Crippen MR) is 57.5 cm³/mol. The highest BCUT2D eigenvalue weighted by Gasteiger charge is 2.33. The average molecular weight is 198 g/mol. The van der Waals surface area contributed by atoms with E-state index < -0.39 is 0 Å². The van der Waals surface area contributed by atoms with Crippen LogP contribution in [0.3, 0.4) is 0 Å². The van der Waals surface area contributed by atoms with E-state index in [2.05, 4.69) is 31.1 Å². The summed E-state index contributed by atoms with van der Waals surface area (Å²) in [6.07, 6.45) is 2.48. The van der Waals surface area contributed by atoms with E-state index in [-0.39, 0.29) is 0 Å². The van der Waals surface area contributed by atoms with Crippen molar-refractivity contribution >= 4 is 0 Å². The Morgan fingerprint density at radius 1 is 1.21 bits per heavy atom. The summed E-state index contributed by atoms with van der Waals surface area (Å²) < 4.78 is 5.54. The highest BCUT2D eigenvalue weighted by atomic mass is 16.5. The zero-order chi connectivity index (χ0) is 10.1. The Morgan fingerprint density at radius 2 is 1.79 bits per heavy atom. The van der Waals surface area contributed by atoms with E-state index in [4.69, 9.17) is 4.74 Å². The molecule has 0 spiro atoms. The van der Waals surface area contributed by atoms with Crippen LogP contribution in [0.25, 0.3) is 0 Å². The lowest BCUT2D eigenvalue weighted by Crippen LogP contribution is -2.58. The minimum Gasteiger partial charge on any atom is -0.378 e. The number of rotatable bonds is 2. The summed E-state index contributed by atoms with van der Waals surface area (Å²) in [5.74, 6) is 0. The SMILES string of the molecule is CC(C)N(C)C1CC2COCC(C1)N2. The quantitative estimate of drug-likeness (QED) is 0.712. The van der Waals surface area contributed by atoms with Crippen molar-refractivity contribution in [2.75, 3.05) is 20.3 Å². The van der Waals surface area contributed by atoms with E-state index >= 15 is 0 Å². The van der Waals surface area contributed by atoms with Crippen LogP contribution in [0.2, 0.25) is 0 Å². The summed E-state index contributed by atoms with van der Waals surface area (Å²) in [7, 11) is 2.25. The topological polar surface area (TPSA) is 24.5 Å². The van der Waals surface area contributed by atoms with Gasteiger partial charge in [0.25, 0.3) is 0 Å². The normalized spacial score (nSPS) is 37.9. The zero-order valence-corrected chi connectivity index (χ0v) is 9.49. The summed E-state index contributed by atoms with van der Waals surface area (Å²) in [6, 6.07) is 2.58. The van der Waals surface area contributed by atoms with Gasteiger partial charge in [-0.1, -0.05) is 0 Å². The van der Waals surface area contributed by atoms with E-state index in [1.807, 2.05) is 0 Å². The smallest absolute Gasteiger partial charge is 0.0621 e. The van der Waals surface area contributed by atoms with Crippen LogP contribution in [0.5, 0.6) is 0 Å². The summed E-state index contributed by atoms with van der Waals surface area (Å²) in [5, 5.41) is 3.62. The van der Waals surface area contributed by atoms with Crippen LogP contribution in [-0.4, -0.2) is 49.3 Å². The molecule has 0 aromatic heterocycles. The van der Waals surface area contributed by atoms with Gasteiger partial charge < -0.3 is 15.0 Å². The van der Waals surface area contributed by atoms with E-state index in [0.29, 0.717) is 18.1 Å². The molecule has 0 aliphatic carbocycles. The van der Waals surface area contributed by atoms with Gasteiger partial charge in [0.2, 0.25) is 0 Å². The van der Waals surface area contributed by atoms with Gasteiger partial charge in [0.05, 0.1) is 13.2 Å². The lowest BCUT2D eigenvalue weighted by atomic mass is 9.91. The van der Waals surface area contributed by atoms with Crippen molar-refractivity contribution < 1.29 is 4.74 Å². The van der Waals surface area contributed by atoms with Crippen LogP contribution in [0.4, 0.5) is 0 Å². The van der Waals surface area contributed by atoms with Crippen molar-refractivity contribution in [3.63, 3.8) is 0 Å². The second-order valence-electron chi connectivity index (χ2n) is 4.98. The first-order valence-corrected chi connectivity index (χ1v) is 5.72. The Hall–Kier alpha value is -0.120. The molecule has 2 fully saturated rings. The molecule has 0 saturated carbocycles. The molecule has 0 aromatic rings. The molecule has 82 valence electrons. The first kappa shape index (κ1) is 10.4. The number of ether oxygens (including phenoxy) is 1. The third kappa shape index (κ3) is 2.10. The van der Waals surface area contributed by atoms with E-state index in [1.165, 1.54) is 12.8 Å². The Morgan fingerprint density at radius 3 is 2.29 bits per heavy atom. The maximum Gasteiger partial charge on any atom is 0.0621 e. The van der Waals surface area contributed by atoms with Crippen molar-refractivity contribution in [2.45, 2.75) is 50.9 Å². The van der Waals surface area contributed by atoms with Crippen LogP contribution in [0, 0.1) is 0 Å². The minimum absolute atomic E-state index is 0.591. The monoisotopic (exact) mass is 198 g/mol. The van der Waals surface area contributed by atoms with Crippen molar-refractivity contribution in [3.8, 4) is 0 Å². The van der Waals surface area contributed by atoms with Crippen molar-refractivity contribution in [1.82, 2.24) is 10.2 Å². The Bertz CT molecular complexity index is 184. The molecule has 2 aliphatic heterocycles. The average Bonchev–Trinajstić information content (AvgIpc) is 2.15. The number of nitrogens with one attached hydrogen (secondary N) is 1. The second kappa shape index (κ2) is 4.17. The molecule has 0 aromatic carbocycles. The summed E-state index contributed by atoms with van der Waals surface area (Å²) in [5.41, 5.74) is 0. The summed E-state index contributed by atoms with van der Waals surface area (Å²) in [6.45, 7) is 6.35. The molecule has 2 saturated heterocycles. The molecule has 1 N–H and O–H groups in total. The highest BCUT2D eigenvalue weighted by Crippen LogP contribution is 2.23. The molecule has 3 heteroatoms. The Labute approximate surface area is 86.8 Å². The van der Waals surface area contributed by atoms with Crippen molar-refractivity contribution in [1.29, 1.82) is 0 Å². The molecule has 2 bridgehead atoms. The molecule has 2 heterocycles. The van der Waals surface area contributed by atoms with Crippen LogP contribution >= 0.6 is 0 Å². The standard InChI is InChI=1S/C11H22N2O/c1-8(2)13(3)11-4-9-6-14-7-10(5-11)12-9/h8-12H,4-7H2,1-3H3. The van der Waals surface area contributed by atoms with Gasteiger partial charge >= 0.3 is 0 Å². The first-order chi connectivity index (χ1) is 6.66. The van der Waals surface area contributed by atoms with Crippen LogP contribution in [-0.2, 0) is 4.74 Å². The van der Waals surface area contributed by atoms with E-state index in [1.54, 1.807) is 0 Å². The third-order valence-corrected chi connectivity index (χ3v) is 3.61. The fourth-order valence-electron chi connectivity index (χ4n) is 2.56. The molecular formula is C11H22N2O. The van der Waals surface area contributed by atoms with Gasteiger partial charge in [0.15, 0.2) is 0 Å². The van der Waals surface area contributed by atoms with Crippen LogP contribution in [0.15, 0.2) is 0 Å². The van der Waals surface area contributed by atoms with Crippen molar-refractivity contribution in [3.05, 3.63) is 0 Å². The summed E-state index contributed by atoms with van der Waals surface area (Å²) in [4.78, 5) is 2.51. The van der Waals surface area contributed by atoms with E-state index in [0.717, 1.165) is 19.3 Å². The fourth-order valence-corrected chi connectivity index (χ4v) is 2.56. The molecule has 3 nitrogen and oxygen atoms in total. The third-order valence-electron chi connectivity index (χ3n) is 3.61. The van der Waals surface area contributed by atoms with Gasteiger partial charge in [-0.3, -0.25) is 0 Å². The molecule has 0 radical (unpaired) electrons. The van der Waals surface area contributed by atoms with Gasteiger partial charge in [0.1, 0.15) is 0 Å². The number of hydrogen-bond acceptors (Lipinski definition) is 3. The van der Waals surface area contributed by atoms with Crippen molar-refractivity contribution in [2.24, 2.45) is 0 Å². The molecule has 2 aliphatic rings. The van der Waals surface area contributed by atoms with Gasteiger partial charge in [0, 0.05) is 24.2 Å². The molecule has 0 amide bonds. The van der Waals surface area contributed by atoms with Gasteiger partial charge in [-0.2, -0.15) is 0 Å². The maximum atomic E-state index is 5.54. The van der Waals surface area contributed by atoms with Crippen LogP contribution in [0.1, 0.15) is 26.7 Å². The maximum absolute atomic E-state index is 5.54. The van der Waals surface area contributed by atoms with Gasteiger partial charge in [-0.15, -0.1) is 0 Å². The molecule has 2 unspecified atom stereocenters. The number of piperidine rings is 1. The number of nitrogens with zero attached hydrogens (tertiary/aromatic N) is 1. The van der Waals surface area contributed by atoms with Gasteiger partial charge in [-0.25, -0.2) is 0 Å². The predicted octanol–water partition coefficient (Wildman–Crippen LogP) is 0.846.